The summed E-state index contributed by atoms with van der Waals surface area (Å²) in [7, 11) is 0. The maximum absolute atomic E-state index is 12.4. The minimum Gasteiger partial charge on any atom is -0.462 e. The van der Waals surface area contributed by atoms with Gasteiger partial charge in [0.2, 0.25) is 0 Å². The van der Waals surface area contributed by atoms with Gasteiger partial charge >= 0.3 is 5.97 Å². The Morgan fingerprint density at radius 2 is 1.50 bits per heavy atom. The average molecular weight is 385 g/mol. The van der Waals surface area contributed by atoms with Crippen molar-refractivity contribution in [3.05, 3.63) is 46.5 Å². The Morgan fingerprint density at radius 3 is 1.96 bits per heavy atom. The van der Waals surface area contributed by atoms with Crippen LogP contribution >= 0.6 is 0 Å². The highest BCUT2D eigenvalue weighted by molar-refractivity contribution is 6.40. The van der Waals surface area contributed by atoms with Crippen LogP contribution in [-0.2, 0) is 10.2 Å². The third-order valence-corrected chi connectivity index (χ3v) is 4.74. The van der Waals surface area contributed by atoms with Gasteiger partial charge in [0.1, 0.15) is 0 Å². The third kappa shape index (κ3) is 4.43. The van der Waals surface area contributed by atoms with Crippen molar-refractivity contribution in [2.45, 2.75) is 67.7 Å². The lowest BCUT2D eigenvalue weighted by Crippen LogP contribution is -2.18. The Hall–Kier alpha value is -2.63. The molecule has 152 valence electrons. The van der Waals surface area contributed by atoms with Crippen LogP contribution in [0.4, 0.5) is 0 Å². The third-order valence-electron chi connectivity index (χ3n) is 4.74. The molecule has 6 nitrogen and oxygen atoms in total. The van der Waals surface area contributed by atoms with Crippen molar-refractivity contribution in [2.75, 3.05) is 6.61 Å². The summed E-state index contributed by atoms with van der Waals surface area (Å²) < 4.78 is 8.96. The summed E-state index contributed by atoms with van der Waals surface area (Å²) in [5.41, 5.74) is 5.83. The van der Waals surface area contributed by atoms with Crippen LogP contribution in [0.3, 0.4) is 0 Å². The first-order chi connectivity index (χ1) is 13.0. The molecule has 0 aliphatic carbocycles. The molecule has 0 N–H and O–H groups in total. The van der Waals surface area contributed by atoms with E-state index < -0.39 is 0 Å². The van der Waals surface area contributed by atoms with Crippen molar-refractivity contribution < 1.29 is 9.53 Å². The highest BCUT2D eigenvalue weighted by atomic mass is 16.5. The van der Waals surface area contributed by atoms with E-state index in [1.54, 1.807) is 0 Å². The largest absolute Gasteiger partial charge is 0.462 e. The van der Waals surface area contributed by atoms with E-state index in [1.165, 1.54) is 0 Å². The molecule has 2 heterocycles. The Bertz CT molecular complexity index is 917. The van der Waals surface area contributed by atoms with E-state index >= 15 is 0 Å². The van der Waals surface area contributed by atoms with E-state index in [2.05, 4.69) is 20.8 Å². The molecule has 0 radical (unpaired) electrons. The maximum Gasteiger partial charge on any atom is 0.340 e. The van der Waals surface area contributed by atoms with E-state index in [-0.39, 0.29) is 11.4 Å². The monoisotopic (exact) mass is 384 g/mol. The Labute approximate surface area is 167 Å². The summed E-state index contributed by atoms with van der Waals surface area (Å²) in [6, 6.07) is 5.97. The van der Waals surface area contributed by atoms with Crippen LogP contribution in [0, 0.1) is 20.8 Å². The molecule has 0 unspecified atom stereocenters. The fourth-order valence-electron chi connectivity index (χ4n) is 2.94. The number of rotatable bonds is 5. The minimum absolute atomic E-state index is 0.183. The van der Waals surface area contributed by atoms with Gasteiger partial charge in [-0.15, -0.1) is 0 Å². The second kappa shape index (κ2) is 8.17. The molecule has 0 aromatic carbocycles. The first-order valence-corrected chi connectivity index (χ1v) is 9.63. The number of nitrogens with zero attached hydrogens (tertiary/aromatic N) is 4. The Morgan fingerprint density at radius 1 is 1.00 bits per heavy atom. The molecule has 0 amide bonds. The molecular weight excluding hydrogens is 352 g/mol. The standard InChI is InChI=1S/C22H32N4O2/c1-10-28-21(27)19-13-20(22(7,8)9)26(18(19)6)24-17(5)16(4)23-25-14(2)11-12-15(25)3/h11-13H,10H2,1-9H3/b23-16+,24-17+. The van der Waals surface area contributed by atoms with Gasteiger partial charge in [-0.1, -0.05) is 20.8 Å². The Balaban J connectivity index is 2.55. The number of carbonyl (C=O) groups is 1. The van der Waals surface area contributed by atoms with E-state index in [0.29, 0.717) is 12.2 Å². The summed E-state index contributed by atoms with van der Waals surface area (Å²) >= 11 is 0. The number of aryl methyl sites for hydroxylation is 2. The fourth-order valence-corrected chi connectivity index (χ4v) is 2.94. The molecule has 6 heteroatoms. The molecule has 28 heavy (non-hydrogen) atoms. The quantitative estimate of drug-likeness (QED) is 0.547. The molecule has 2 aromatic heterocycles. The van der Waals surface area contributed by atoms with Crippen molar-refractivity contribution >= 4 is 17.4 Å². The first kappa shape index (κ1) is 21.7. The van der Waals surface area contributed by atoms with Gasteiger partial charge < -0.3 is 4.74 Å². The molecular formula is C22H32N4O2. The lowest BCUT2D eigenvalue weighted by atomic mass is 9.92. The summed E-state index contributed by atoms with van der Waals surface area (Å²) in [5.74, 6) is -0.318. The summed E-state index contributed by atoms with van der Waals surface area (Å²) in [4.78, 5) is 12.4. The van der Waals surface area contributed by atoms with Crippen LogP contribution in [0.1, 0.15) is 74.7 Å². The average Bonchev–Trinajstić information content (AvgIpc) is 3.09. The van der Waals surface area contributed by atoms with Crippen LogP contribution in [0.5, 0.6) is 0 Å². The van der Waals surface area contributed by atoms with Crippen molar-refractivity contribution in [3.8, 4) is 0 Å². The van der Waals surface area contributed by atoms with Gasteiger partial charge in [-0.2, -0.15) is 10.2 Å². The minimum atomic E-state index is -0.318. The zero-order valence-corrected chi connectivity index (χ0v) is 18.5. The fraction of sp³-hybridized carbons (Fsp3) is 0.500. The van der Waals surface area contributed by atoms with E-state index in [9.17, 15) is 4.79 Å². The lowest BCUT2D eigenvalue weighted by molar-refractivity contribution is 0.0525. The van der Waals surface area contributed by atoms with Crippen LogP contribution in [0.15, 0.2) is 28.4 Å². The number of ether oxygens (including phenoxy) is 1. The summed E-state index contributed by atoms with van der Waals surface area (Å²) in [6.07, 6.45) is 0. The number of hydrogen-bond acceptors (Lipinski definition) is 4. The predicted octanol–water partition coefficient (Wildman–Crippen LogP) is 4.84. The van der Waals surface area contributed by atoms with E-state index in [1.807, 2.05) is 69.1 Å². The molecule has 0 aliphatic rings. The molecule has 0 fully saturated rings. The molecule has 0 bridgehead atoms. The van der Waals surface area contributed by atoms with Crippen LogP contribution < -0.4 is 0 Å². The van der Waals surface area contributed by atoms with Crippen molar-refractivity contribution in [3.63, 3.8) is 0 Å². The van der Waals surface area contributed by atoms with Gasteiger partial charge in [-0.05, 0) is 59.7 Å². The zero-order chi connectivity index (χ0) is 21.2. The van der Waals surface area contributed by atoms with Gasteiger partial charge in [0, 0.05) is 22.5 Å². The molecule has 0 saturated heterocycles. The highest BCUT2D eigenvalue weighted by Crippen LogP contribution is 2.28. The van der Waals surface area contributed by atoms with Crippen molar-refractivity contribution in [1.82, 2.24) is 9.35 Å². The Kier molecular flexibility index (Phi) is 6.32. The van der Waals surface area contributed by atoms with Crippen LogP contribution in [0.2, 0.25) is 0 Å². The van der Waals surface area contributed by atoms with Gasteiger partial charge in [0.05, 0.1) is 29.3 Å². The molecule has 0 aliphatic heterocycles. The second-order valence-corrected chi connectivity index (χ2v) is 8.11. The SMILES string of the molecule is CCOC(=O)c1cc(C(C)(C)C)n(/N=C(C)/C(C)=N/n2c(C)ccc2C)c1C. The van der Waals surface area contributed by atoms with Crippen molar-refractivity contribution in [1.29, 1.82) is 0 Å². The number of aromatic nitrogens is 2. The second-order valence-electron chi connectivity index (χ2n) is 8.11. The first-order valence-electron chi connectivity index (χ1n) is 9.63. The molecule has 2 rings (SSSR count). The van der Waals surface area contributed by atoms with Gasteiger partial charge in [-0.25, -0.2) is 14.1 Å². The van der Waals surface area contributed by atoms with E-state index in [4.69, 9.17) is 14.9 Å². The predicted molar refractivity (Wildman–Crippen MR) is 115 cm³/mol. The van der Waals surface area contributed by atoms with Gasteiger partial charge in [0.25, 0.3) is 0 Å². The van der Waals surface area contributed by atoms with Gasteiger partial charge in [0.15, 0.2) is 0 Å². The van der Waals surface area contributed by atoms with Crippen LogP contribution in [0.25, 0.3) is 0 Å². The summed E-state index contributed by atoms with van der Waals surface area (Å²) in [6.45, 7) is 18.3. The number of hydrogen-bond donors (Lipinski definition) is 0. The summed E-state index contributed by atoms with van der Waals surface area (Å²) in [5, 5.41) is 9.51. The zero-order valence-electron chi connectivity index (χ0n) is 18.5. The number of esters is 1. The van der Waals surface area contributed by atoms with Crippen LogP contribution in [-0.4, -0.2) is 33.4 Å². The maximum atomic E-state index is 12.4. The molecule has 0 saturated carbocycles. The topological polar surface area (TPSA) is 60.9 Å². The molecule has 0 spiro atoms. The molecule has 2 aromatic rings. The highest BCUT2D eigenvalue weighted by Gasteiger charge is 2.26. The molecule has 0 atom stereocenters. The smallest absolute Gasteiger partial charge is 0.340 e. The number of carbonyl (C=O) groups excluding carboxylic acids is 1. The van der Waals surface area contributed by atoms with Gasteiger partial charge in [-0.3, -0.25) is 0 Å². The van der Waals surface area contributed by atoms with Crippen molar-refractivity contribution in [2.24, 2.45) is 10.2 Å². The lowest BCUT2D eigenvalue weighted by Gasteiger charge is -2.20. The van der Waals surface area contributed by atoms with E-state index in [0.717, 1.165) is 34.2 Å². The normalized spacial score (nSPS) is 13.2.